The molecule has 0 spiro atoms. The van der Waals surface area contributed by atoms with E-state index in [4.69, 9.17) is 4.98 Å². The van der Waals surface area contributed by atoms with Crippen molar-refractivity contribution in [1.82, 2.24) is 14.9 Å². The number of carbonyl (C=O) groups is 1. The Kier molecular flexibility index (Phi) is 6.25. The number of hydrogen-bond donors (Lipinski definition) is 1. The molecule has 0 aliphatic carbocycles. The number of carbonyl (C=O) groups excluding carboxylic acids is 1. The van der Waals surface area contributed by atoms with Crippen LogP contribution in [-0.2, 0) is 11.3 Å². The zero-order chi connectivity index (χ0) is 22.0. The standard InChI is InChI=1S/C24H23N3O2S2/c1-15-7-9-18(10-8-15)13-25-21(28)14-31-24-26-19-11-12-30-22(19)23(29)27(24)20-6-4-5-16(2)17(20)3/h4-12H,13-14H2,1-3H3,(H,25,28). The van der Waals surface area contributed by atoms with Crippen molar-refractivity contribution in [2.24, 2.45) is 0 Å². The first-order chi connectivity index (χ1) is 14.9. The lowest BCUT2D eigenvalue weighted by molar-refractivity contribution is -0.118. The molecule has 158 valence electrons. The average Bonchev–Trinajstić information content (AvgIpc) is 3.23. The second-order valence-corrected chi connectivity index (χ2v) is 9.30. The molecule has 0 saturated carbocycles. The molecule has 4 aromatic rings. The maximum atomic E-state index is 13.3. The van der Waals surface area contributed by atoms with Gasteiger partial charge in [-0.3, -0.25) is 14.2 Å². The summed E-state index contributed by atoms with van der Waals surface area (Å²) >= 11 is 2.67. The second kappa shape index (κ2) is 9.08. The van der Waals surface area contributed by atoms with E-state index in [1.54, 1.807) is 4.57 Å². The van der Waals surface area contributed by atoms with Crippen molar-refractivity contribution in [2.45, 2.75) is 32.5 Å². The smallest absolute Gasteiger partial charge is 0.276 e. The average molecular weight is 450 g/mol. The number of nitrogens with one attached hydrogen (secondary N) is 1. The van der Waals surface area contributed by atoms with Crippen LogP contribution in [-0.4, -0.2) is 21.2 Å². The highest BCUT2D eigenvalue weighted by Gasteiger charge is 2.17. The van der Waals surface area contributed by atoms with E-state index in [9.17, 15) is 9.59 Å². The van der Waals surface area contributed by atoms with Crippen LogP contribution in [0.4, 0.5) is 0 Å². The summed E-state index contributed by atoms with van der Waals surface area (Å²) in [6.07, 6.45) is 0. The molecule has 0 bridgehead atoms. The highest BCUT2D eigenvalue weighted by Crippen LogP contribution is 2.26. The summed E-state index contributed by atoms with van der Waals surface area (Å²) in [6, 6.07) is 15.8. The molecular formula is C24H23N3O2S2. The van der Waals surface area contributed by atoms with Gasteiger partial charge in [0.25, 0.3) is 5.56 Å². The SMILES string of the molecule is Cc1ccc(CNC(=O)CSc2nc3ccsc3c(=O)n2-c2cccc(C)c2C)cc1. The van der Waals surface area contributed by atoms with Crippen LogP contribution in [0.25, 0.3) is 15.9 Å². The fourth-order valence-electron chi connectivity index (χ4n) is 3.27. The number of fused-ring (bicyclic) bond motifs is 1. The van der Waals surface area contributed by atoms with Gasteiger partial charge in [-0.05, 0) is 55.0 Å². The van der Waals surface area contributed by atoms with Crippen LogP contribution >= 0.6 is 23.1 Å². The van der Waals surface area contributed by atoms with E-state index in [0.29, 0.717) is 21.9 Å². The number of hydrogen-bond acceptors (Lipinski definition) is 5. The van der Waals surface area contributed by atoms with Crippen molar-refractivity contribution in [2.75, 3.05) is 5.75 Å². The number of benzene rings is 2. The zero-order valence-corrected chi connectivity index (χ0v) is 19.3. The van der Waals surface area contributed by atoms with Gasteiger partial charge in [0.15, 0.2) is 5.16 Å². The predicted octanol–water partition coefficient (Wildman–Crippen LogP) is 4.78. The van der Waals surface area contributed by atoms with Crippen molar-refractivity contribution in [3.05, 3.63) is 86.5 Å². The molecule has 2 heterocycles. The Labute approximate surface area is 189 Å². The number of aromatic nitrogens is 2. The van der Waals surface area contributed by atoms with E-state index in [2.05, 4.69) is 5.32 Å². The molecule has 1 amide bonds. The molecule has 0 atom stereocenters. The van der Waals surface area contributed by atoms with Crippen LogP contribution in [0, 0.1) is 20.8 Å². The molecule has 7 heteroatoms. The number of amides is 1. The van der Waals surface area contributed by atoms with E-state index < -0.39 is 0 Å². The van der Waals surface area contributed by atoms with Gasteiger partial charge in [-0.1, -0.05) is 53.7 Å². The summed E-state index contributed by atoms with van der Waals surface area (Å²) in [4.78, 5) is 30.5. The van der Waals surface area contributed by atoms with Crippen LogP contribution in [0.1, 0.15) is 22.3 Å². The van der Waals surface area contributed by atoms with E-state index in [0.717, 1.165) is 22.4 Å². The fraction of sp³-hybridized carbons (Fsp3) is 0.208. The Morgan fingerprint density at radius 3 is 2.65 bits per heavy atom. The molecule has 0 aliphatic heterocycles. The van der Waals surface area contributed by atoms with Crippen LogP contribution < -0.4 is 10.9 Å². The van der Waals surface area contributed by atoms with E-state index in [1.165, 1.54) is 28.7 Å². The molecule has 1 N–H and O–H groups in total. The third-order valence-electron chi connectivity index (χ3n) is 5.21. The molecule has 0 radical (unpaired) electrons. The Hall–Kier alpha value is -2.90. The minimum atomic E-state index is -0.101. The number of aryl methyl sites for hydroxylation is 2. The van der Waals surface area contributed by atoms with Gasteiger partial charge in [0.1, 0.15) is 4.70 Å². The highest BCUT2D eigenvalue weighted by atomic mass is 32.2. The van der Waals surface area contributed by atoms with Crippen molar-refractivity contribution >= 4 is 39.2 Å². The number of rotatable bonds is 6. The van der Waals surface area contributed by atoms with E-state index in [1.807, 2.05) is 74.7 Å². The van der Waals surface area contributed by atoms with Gasteiger partial charge in [0, 0.05) is 6.54 Å². The van der Waals surface area contributed by atoms with E-state index in [-0.39, 0.29) is 17.2 Å². The summed E-state index contributed by atoms with van der Waals surface area (Å²) in [6.45, 7) is 6.52. The molecular weight excluding hydrogens is 426 g/mol. The number of nitrogens with zero attached hydrogens (tertiary/aromatic N) is 2. The van der Waals surface area contributed by atoms with E-state index >= 15 is 0 Å². The van der Waals surface area contributed by atoms with Crippen molar-refractivity contribution < 1.29 is 4.79 Å². The summed E-state index contributed by atoms with van der Waals surface area (Å²) in [5.41, 5.74) is 5.72. The van der Waals surface area contributed by atoms with Gasteiger partial charge < -0.3 is 5.32 Å². The summed E-state index contributed by atoms with van der Waals surface area (Å²) in [5.74, 6) is 0.0801. The largest absolute Gasteiger partial charge is 0.351 e. The fourth-order valence-corrected chi connectivity index (χ4v) is 4.86. The normalized spacial score (nSPS) is 11.1. The lowest BCUT2D eigenvalue weighted by Gasteiger charge is -2.15. The minimum Gasteiger partial charge on any atom is -0.351 e. The lowest BCUT2D eigenvalue weighted by atomic mass is 10.1. The van der Waals surface area contributed by atoms with Gasteiger partial charge in [-0.15, -0.1) is 11.3 Å². The minimum absolute atomic E-state index is 0.0993. The van der Waals surface area contributed by atoms with Gasteiger partial charge in [-0.25, -0.2) is 4.98 Å². The Morgan fingerprint density at radius 2 is 1.87 bits per heavy atom. The molecule has 4 rings (SSSR count). The summed E-state index contributed by atoms with van der Waals surface area (Å²) < 4.78 is 2.26. The monoisotopic (exact) mass is 449 g/mol. The third kappa shape index (κ3) is 4.57. The first-order valence-electron chi connectivity index (χ1n) is 9.96. The highest BCUT2D eigenvalue weighted by molar-refractivity contribution is 7.99. The summed E-state index contributed by atoms with van der Waals surface area (Å²) in [5, 5.41) is 5.34. The van der Waals surface area contributed by atoms with Gasteiger partial charge in [0.2, 0.25) is 5.91 Å². The number of thiophene rings is 1. The zero-order valence-electron chi connectivity index (χ0n) is 17.6. The van der Waals surface area contributed by atoms with Crippen molar-refractivity contribution in [3.63, 3.8) is 0 Å². The number of thioether (sulfide) groups is 1. The quantitative estimate of drug-likeness (QED) is 0.340. The molecule has 2 aromatic carbocycles. The van der Waals surface area contributed by atoms with Crippen LogP contribution in [0.3, 0.4) is 0 Å². The Bertz CT molecular complexity index is 1310. The van der Waals surface area contributed by atoms with Gasteiger partial charge >= 0.3 is 0 Å². The predicted molar refractivity (Wildman–Crippen MR) is 128 cm³/mol. The third-order valence-corrected chi connectivity index (χ3v) is 7.04. The Balaban J connectivity index is 1.59. The van der Waals surface area contributed by atoms with Crippen molar-refractivity contribution in [1.29, 1.82) is 0 Å². The van der Waals surface area contributed by atoms with Gasteiger partial charge in [-0.2, -0.15) is 0 Å². The molecule has 0 saturated heterocycles. The van der Waals surface area contributed by atoms with Gasteiger partial charge in [0.05, 0.1) is 17.0 Å². The first-order valence-corrected chi connectivity index (χ1v) is 11.8. The molecule has 5 nitrogen and oxygen atoms in total. The molecule has 2 aromatic heterocycles. The molecule has 0 unspecified atom stereocenters. The second-order valence-electron chi connectivity index (χ2n) is 7.44. The Morgan fingerprint density at radius 1 is 1.10 bits per heavy atom. The lowest BCUT2D eigenvalue weighted by Crippen LogP contribution is -2.26. The summed E-state index contributed by atoms with van der Waals surface area (Å²) in [7, 11) is 0. The maximum absolute atomic E-state index is 13.3. The maximum Gasteiger partial charge on any atom is 0.276 e. The van der Waals surface area contributed by atoms with Crippen LogP contribution in [0.5, 0.6) is 0 Å². The molecule has 0 aliphatic rings. The van der Waals surface area contributed by atoms with Crippen molar-refractivity contribution in [3.8, 4) is 5.69 Å². The molecule has 31 heavy (non-hydrogen) atoms. The van der Waals surface area contributed by atoms with Crippen LogP contribution in [0.15, 0.2) is 63.9 Å². The topological polar surface area (TPSA) is 64.0 Å². The first kappa shape index (κ1) is 21.3. The van der Waals surface area contributed by atoms with Crippen LogP contribution in [0.2, 0.25) is 0 Å². The molecule has 0 fully saturated rings.